The summed E-state index contributed by atoms with van der Waals surface area (Å²) in [6.07, 6.45) is -1.18. The Balaban J connectivity index is 2.15. The molecule has 1 fully saturated rings. The molecule has 98 valence electrons. The molecule has 1 saturated heterocycles. The van der Waals surface area contributed by atoms with Crippen LogP contribution in [-0.4, -0.2) is 43.6 Å². The van der Waals surface area contributed by atoms with E-state index in [1.165, 1.54) is 10.8 Å². The van der Waals surface area contributed by atoms with Gasteiger partial charge in [-0.2, -0.15) is 10.4 Å². The number of aliphatic hydroxyl groups is 2. The molecule has 8 nitrogen and oxygen atoms in total. The van der Waals surface area contributed by atoms with Crippen molar-refractivity contribution in [3.8, 4) is 6.07 Å². The molecule has 0 radical (unpaired) electrons. The molecule has 0 spiro atoms. The highest BCUT2D eigenvalue weighted by molar-refractivity contribution is 5.65. The van der Waals surface area contributed by atoms with Crippen LogP contribution in [-0.2, 0) is 10.3 Å². The zero-order valence-electron chi connectivity index (χ0n) is 9.76. The minimum absolute atomic E-state index is 0.192. The van der Waals surface area contributed by atoms with Gasteiger partial charge in [-0.1, -0.05) is 0 Å². The first-order valence-electron chi connectivity index (χ1n) is 5.58. The Labute approximate surface area is 107 Å². The minimum Gasteiger partial charge on any atom is -0.386 e. The molecule has 0 aromatic carbocycles. The van der Waals surface area contributed by atoms with Gasteiger partial charge in [0.1, 0.15) is 17.9 Å². The number of hydrogen-bond acceptors (Lipinski definition) is 7. The van der Waals surface area contributed by atoms with E-state index < -0.39 is 17.8 Å². The summed E-state index contributed by atoms with van der Waals surface area (Å²) in [5, 5.41) is 33.4. The Morgan fingerprint density at radius 3 is 3.05 bits per heavy atom. The van der Waals surface area contributed by atoms with Gasteiger partial charge >= 0.3 is 0 Å². The van der Waals surface area contributed by atoms with Crippen molar-refractivity contribution in [1.82, 2.24) is 14.6 Å². The van der Waals surface area contributed by atoms with E-state index in [0.717, 1.165) is 0 Å². The average Bonchev–Trinajstić information content (AvgIpc) is 2.95. The van der Waals surface area contributed by atoms with Crippen LogP contribution in [0, 0.1) is 11.3 Å². The Hall–Kier alpha value is -2.21. The van der Waals surface area contributed by atoms with E-state index in [0.29, 0.717) is 11.2 Å². The van der Waals surface area contributed by atoms with Gasteiger partial charge in [-0.05, 0) is 12.1 Å². The van der Waals surface area contributed by atoms with Crippen LogP contribution in [0.4, 0.5) is 5.82 Å². The summed E-state index contributed by atoms with van der Waals surface area (Å²) in [5.74, 6) is 0.259. The number of nitriles is 1. The molecule has 2 aromatic heterocycles. The fraction of sp³-hybridized carbons (Fsp3) is 0.364. The quantitative estimate of drug-likeness (QED) is 0.586. The summed E-state index contributed by atoms with van der Waals surface area (Å²) in [7, 11) is 0. The van der Waals surface area contributed by atoms with Crippen LogP contribution in [0.2, 0.25) is 0 Å². The molecule has 8 heteroatoms. The van der Waals surface area contributed by atoms with Crippen LogP contribution in [0.1, 0.15) is 5.69 Å². The Morgan fingerprint density at radius 1 is 1.58 bits per heavy atom. The largest absolute Gasteiger partial charge is 0.386 e. The van der Waals surface area contributed by atoms with Gasteiger partial charge in [0.25, 0.3) is 0 Å². The second-order valence-corrected chi connectivity index (χ2v) is 4.39. The molecule has 0 bridgehead atoms. The maximum Gasteiger partial charge on any atom is 0.173 e. The topological polar surface area (TPSA) is 130 Å². The van der Waals surface area contributed by atoms with Crippen molar-refractivity contribution in [2.75, 3.05) is 12.3 Å². The van der Waals surface area contributed by atoms with E-state index in [2.05, 4.69) is 10.1 Å². The maximum atomic E-state index is 10.6. The van der Waals surface area contributed by atoms with Crippen LogP contribution >= 0.6 is 0 Å². The summed E-state index contributed by atoms with van der Waals surface area (Å²) in [6.45, 7) is -0.192. The lowest BCUT2D eigenvalue weighted by atomic mass is 9.93. The summed E-state index contributed by atoms with van der Waals surface area (Å²) in [4.78, 5) is 3.84. The summed E-state index contributed by atoms with van der Waals surface area (Å²) >= 11 is 0. The van der Waals surface area contributed by atoms with Crippen LogP contribution in [0.15, 0.2) is 18.5 Å². The first-order chi connectivity index (χ1) is 9.08. The van der Waals surface area contributed by atoms with E-state index in [9.17, 15) is 10.2 Å². The van der Waals surface area contributed by atoms with E-state index in [1.807, 2.05) is 0 Å². The molecular formula is C11H11N5O3. The summed E-state index contributed by atoms with van der Waals surface area (Å²) < 4.78 is 6.47. The first-order valence-corrected chi connectivity index (χ1v) is 5.58. The molecule has 3 heterocycles. The fourth-order valence-corrected chi connectivity index (χ4v) is 2.26. The second kappa shape index (κ2) is 3.89. The van der Waals surface area contributed by atoms with Gasteiger partial charge in [-0.25, -0.2) is 9.50 Å². The monoisotopic (exact) mass is 261 g/mol. The molecule has 1 aliphatic rings. The third-order valence-electron chi connectivity index (χ3n) is 3.31. The lowest BCUT2D eigenvalue weighted by Crippen LogP contribution is -2.42. The Kier molecular flexibility index (Phi) is 2.43. The number of rotatable bonds is 1. The van der Waals surface area contributed by atoms with E-state index >= 15 is 0 Å². The van der Waals surface area contributed by atoms with Gasteiger partial charge in [-0.15, -0.1) is 0 Å². The van der Waals surface area contributed by atoms with Gasteiger partial charge in [-0.3, -0.25) is 0 Å². The number of fused-ring (bicyclic) bond motifs is 1. The normalized spacial score (nSPS) is 30.6. The van der Waals surface area contributed by atoms with Gasteiger partial charge < -0.3 is 20.7 Å². The number of aliphatic hydroxyl groups excluding tert-OH is 1. The zero-order valence-corrected chi connectivity index (χ0v) is 9.76. The van der Waals surface area contributed by atoms with Crippen molar-refractivity contribution in [2.24, 2.45) is 0 Å². The molecule has 3 rings (SSSR count). The van der Waals surface area contributed by atoms with Crippen molar-refractivity contribution in [2.45, 2.75) is 17.8 Å². The fourth-order valence-electron chi connectivity index (χ4n) is 2.26. The highest BCUT2D eigenvalue weighted by Crippen LogP contribution is 2.35. The number of ether oxygens (including phenoxy) is 1. The number of nitrogen functional groups attached to an aromatic ring is 1. The maximum absolute atomic E-state index is 10.6. The third-order valence-corrected chi connectivity index (χ3v) is 3.31. The van der Waals surface area contributed by atoms with Gasteiger partial charge in [0.05, 0.1) is 18.4 Å². The summed E-state index contributed by atoms with van der Waals surface area (Å²) in [5.41, 5.74) is 4.82. The molecule has 0 amide bonds. The Bertz CT molecular complexity index is 679. The van der Waals surface area contributed by atoms with Gasteiger partial charge in [0, 0.05) is 0 Å². The summed E-state index contributed by atoms with van der Waals surface area (Å²) in [6, 6.07) is 5.00. The van der Waals surface area contributed by atoms with Crippen LogP contribution < -0.4 is 5.73 Å². The molecule has 0 saturated carbocycles. The lowest BCUT2D eigenvalue weighted by Gasteiger charge is -2.24. The van der Waals surface area contributed by atoms with Crippen molar-refractivity contribution in [1.29, 1.82) is 5.26 Å². The molecule has 1 aliphatic heterocycles. The number of aromatic nitrogens is 3. The number of nitrogens with zero attached hydrogens (tertiary/aromatic N) is 4. The highest BCUT2D eigenvalue weighted by Gasteiger charge is 2.51. The Morgan fingerprint density at radius 2 is 2.37 bits per heavy atom. The smallest absolute Gasteiger partial charge is 0.173 e. The van der Waals surface area contributed by atoms with Crippen LogP contribution in [0.5, 0.6) is 0 Å². The molecule has 4 N–H and O–H groups in total. The van der Waals surface area contributed by atoms with E-state index in [1.54, 1.807) is 18.2 Å². The molecule has 3 atom stereocenters. The highest BCUT2D eigenvalue weighted by atomic mass is 16.5. The van der Waals surface area contributed by atoms with Crippen molar-refractivity contribution < 1.29 is 14.9 Å². The molecule has 3 unspecified atom stereocenters. The number of anilines is 1. The predicted octanol–water partition coefficient (Wildman–Crippen LogP) is -1.22. The van der Waals surface area contributed by atoms with Gasteiger partial charge in [0.15, 0.2) is 17.5 Å². The number of hydrogen-bond donors (Lipinski definition) is 3. The van der Waals surface area contributed by atoms with Gasteiger partial charge in [0.2, 0.25) is 0 Å². The SMILES string of the molecule is N#CC1OCC(O)(c2ccc3c(N)ncnn23)C1O. The molecular weight excluding hydrogens is 250 g/mol. The van der Waals surface area contributed by atoms with Crippen molar-refractivity contribution >= 4 is 11.3 Å². The number of nitrogens with two attached hydrogens (primary N) is 1. The molecule has 2 aromatic rings. The standard InChI is InChI=1S/C11H11N5O3/c12-3-7-9(17)11(18,4-19-7)8-2-1-6-10(13)14-5-15-16(6)8/h1-2,5,7,9,17-18H,4H2,(H2,13,14,15). The minimum atomic E-state index is -1.70. The second-order valence-electron chi connectivity index (χ2n) is 4.39. The predicted molar refractivity (Wildman–Crippen MR) is 62.7 cm³/mol. The van der Waals surface area contributed by atoms with Crippen molar-refractivity contribution in [3.05, 3.63) is 24.2 Å². The van der Waals surface area contributed by atoms with Crippen LogP contribution in [0.25, 0.3) is 5.52 Å². The van der Waals surface area contributed by atoms with E-state index in [-0.39, 0.29) is 12.4 Å². The first kappa shape index (κ1) is 11.9. The average molecular weight is 261 g/mol. The zero-order chi connectivity index (χ0) is 13.6. The molecule has 0 aliphatic carbocycles. The third kappa shape index (κ3) is 1.50. The van der Waals surface area contributed by atoms with E-state index in [4.69, 9.17) is 15.7 Å². The van der Waals surface area contributed by atoms with Crippen LogP contribution in [0.3, 0.4) is 0 Å². The molecule has 19 heavy (non-hydrogen) atoms. The lowest BCUT2D eigenvalue weighted by molar-refractivity contribution is -0.0549. The van der Waals surface area contributed by atoms with Crippen molar-refractivity contribution in [3.63, 3.8) is 0 Å².